The number of hydrogen-bond acceptors (Lipinski definition) is 3. The first-order valence-electron chi connectivity index (χ1n) is 9.02. The van der Waals surface area contributed by atoms with Gasteiger partial charge in [0.1, 0.15) is 12.6 Å². The fourth-order valence-electron chi connectivity index (χ4n) is 3.48. The van der Waals surface area contributed by atoms with E-state index in [1.165, 1.54) is 0 Å². The molecule has 27 heavy (non-hydrogen) atoms. The molecule has 1 atom stereocenters. The van der Waals surface area contributed by atoms with Crippen LogP contribution in [0.3, 0.4) is 0 Å². The lowest BCUT2D eigenvalue weighted by molar-refractivity contribution is -0.139. The molecule has 1 aliphatic carbocycles. The average Bonchev–Trinajstić information content (AvgIpc) is 2.99. The second kappa shape index (κ2) is 8.66. The fraction of sp³-hybridized carbons (Fsp3) is 0.333. The van der Waals surface area contributed by atoms with E-state index in [1.54, 1.807) is 0 Å². The van der Waals surface area contributed by atoms with Crippen molar-refractivity contribution in [3.05, 3.63) is 59.7 Å². The van der Waals surface area contributed by atoms with Gasteiger partial charge in [0.15, 0.2) is 0 Å². The highest BCUT2D eigenvalue weighted by atomic mass is 19.1. The number of rotatable bonds is 8. The lowest BCUT2D eigenvalue weighted by atomic mass is 9.98. The molecule has 1 amide bonds. The molecule has 0 aliphatic heterocycles. The molecule has 0 unspecified atom stereocenters. The molecule has 3 rings (SSSR count). The number of benzene rings is 2. The van der Waals surface area contributed by atoms with E-state index in [4.69, 9.17) is 4.74 Å². The van der Waals surface area contributed by atoms with E-state index in [2.05, 4.69) is 5.32 Å². The number of carbonyl (C=O) groups excluding carboxylic acids is 1. The summed E-state index contributed by atoms with van der Waals surface area (Å²) in [4.78, 5) is 23.4. The number of nitrogens with one attached hydrogen (secondary N) is 1. The molecule has 0 aromatic heterocycles. The summed E-state index contributed by atoms with van der Waals surface area (Å²) in [5, 5.41) is 11.6. The Morgan fingerprint density at radius 1 is 1.04 bits per heavy atom. The summed E-state index contributed by atoms with van der Waals surface area (Å²) >= 11 is 0. The van der Waals surface area contributed by atoms with Crippen molar-refractivity contribution in [2.45, 2.75) is 31.2 Å². The Morgan fingerprint density at radius 3 is 2.19 bits per heavy atom. The van der Waals surface area contributed by atoms with Crippen molar-refractivity contribution >= 4 is 12.1 Å². The topological polar surface area (TPSA) is 75.6 Å². The van der Waals surface area contributed by atoms with Gasteiger partial charge in [-0.1, -0.05) is 48.5 Å². The maximum atomic E-state index is 12.2. The molecule has 0 bridgehead atoms. The molecule has 2 aromatic carbocycles. The van der Waals surface area contributed by atoms with Gasteiger partial charge in [-0.15, -0.1) is 0 Å². The van der Waals surface area contributed by atoms with Crippen LogP contribution in [0.1, 0.15) is 36.3 Å². The number of ether oxygens (including phenoxy) is 1. The molecule has 6 heteroatoms. The number of carboxylic acids is 1. The van der Waals surface area contributed by atoms with Crippen LogP contribution in [0.15, 0.2) is 48.5 Å². The van der Waals surface area contributed by atoms with Gasteiger partial charge in [0, 0.05) is 5.92 Å². The minimum absolute atomic E-state index is 0.0852. The van der Waals surface area contributed by atoms with E-state index in [0.29, 0.717) is 6.42 Å². The number of fused-ring (bicyclic) bond motifs is 3. The van der Waals surface area contributed by atoms with Gasteiger partial charge in [0.25, 0.3) is 0 Å². The van der Waals surface area contributed by atoms with Gasteiger partial charge in [-0.25, -0.2) is 9.59 Å². The molecule has 0 fully saturated rings. The van der Waals surface area contributed by atoms with Crippen LogP contribution >= 0.6 is 0 Å². The van der Waals surface area contributed by atoms with Gasteiger partial charge in [0.05, 0.1) is 6.67 Å². The Hall–Kier alpha value is -2.89. The maximum Gasteiger partial charge on any atom is 0.407 e. The highest BCUT2D eigenvalue weighted by molar-refractivity contribution is 5.81. The number of aliphatic carboxylic acids is 1. The second-order valence-corrected chi connectivity index (χ2v) is 6.55. The van der Waals surface area contributed by atoms with E-state index in [-0.39, 0.29) is 25.4 Å². The van der Waals surface area contributed by atoms with Crippen LogP contribution < -0.4 is 5.32 Å². The predicted molar refractivity (Wildman–Crippen MR) is 99.5 cm³/mol. The minimum Gasteiger partial charge on any atom is -0.480 e. The molecule has 2 N–H and O–H groups in total. The maximum absolute atomic E-state index is 12.2. The predicted octanol–water partition coefficient (Wildman–Crippen LogP) is 4.12. The zero-order valence-corrected chi connectivity index (χ0v) is 14.9. The lowest BCUT2D eigenvalue weighted by Gasteiger charge is -2.17. The third-order valence-electron chi connectivity index (χ3n) is 4.81. The molecule has 0 heterocycles. The van der Waals surface area contributed by atoms with Gasteiger partial charge in [0.2, 0.25) is 0 Å². The largest absolute Gasteiger partial charge is 0.480 e. The Labute approximate surface area is 157 Å². The summed E-state index contributed by atoms with van der Waals surface area (Å²) in [7, 11) is 0. The summed E-state index contributed by atoms with van der Waals surface area (Å²) < 4.78 is 17.5. The Morgan fingerprint density at radius 2 is 1.63 bits per heavy atom. The third-order valence-corrected chi connectivity index (χ3v) is 4.81. The summed E-state index contributed by atoms with van der Waals surface area (Å²) in [5.41, 5.74) is 4.42. The molecule has 0 saturated carbocycles. The molecule has 0 saturated heterocycles. The molecule has 5 nitrogen and oxygen atoms in total. The van der Waals surface area contributed by atoms with Crippen molar-refractivity contribution in [3.63, 3.8) is 0 Å². The van der Waals surface area contributed by atoms with E-state index >= 15 is 0 Å². The number of alkyl carbamates (subject to hydrolysis) is 1. The van der Waals surface area contributed by atoms with Crippen LogP contribution in [-0.4, -0.2) is 36.5 Å². The van der Waals surface area contributed by atoms with E-state index in [9.17, 15) is 19.1 Å². The molecular weight excluding hydrogens is 349 g/mol. The zero-order valence-electron chi connectivity index (χ0n) is 14.9. The van der Waals surface area contributed by atoms with Gasteiger partial charge < -0.3 is 15.2 Å². The van der Waals surface area contributed by atoms with Crippen LogP contribution in [-0.2, 0) is 9.53 Å². The Bertz CT molecular complexity index is 778. The normalized spacial score (nSPS) is 13.5. The molecular formula is C21H22FNO4. The molecule has 1 aliphatic rings. The van der Waals surface area contributed by atoms with Crippen molar-refractivity contribution < 1.29 is 23.8 Å². The Kier molecular flexibility index (Phi) is 6.06. The molecule has 142 valence electrons. The van der Waals surface area contributed by atoms with E-state index in [1.807, 2.05) is 48.5 Å². The van der Waals surface area contributed by atoms with Crippen LogP contribution in [0.25, 0.3) is 11.1 Å². The van der Waals surface area contributed by atoms with E-state index < -0.39 is 24.8 Å². The lowest BCUT2D eigenvalue weighted by Crippen LogP contribution is -2.41. The number of amides is 1. The zero-order chi connectivity index (χ0) is 19.2. The molecule has 2 aromatic rings. The van der Waals surface area contributed by atoms with Crippen LogP contribution in [0.2, 0.25) is 0 Å². The number of alkyl halides is 1. The first-order valence-corrected chi connectivity index (χ1v) is 9.02. The number of carboxylic acid groups (broad SMARTS) is 1. The number of unbranched alkanes of at least 4 members (excludes halogenated alkanes) is 1. The van der Waals surface area contributed by atoms with Crippen molar-refractivity contribution in [1.29, 1.82) is 0 Å². The number of carbonyl (C=O) groups is 2. The van der Waals surface area contributed by atoms with Gasteiger partial charge >= 0.3 is 12.1 Å². The van der Waals surface area contributed by atoms with Crippen molar-refractivity contribution in [2.75, 3.05) is 13.3 Å². The quantitative estimate of drug-likeness (QED) is 0.685. The summed E-state index contributed by atoms with van der Waals surface area (Å²) in [6.45, 7) is -0.381. The number of halogens is 1. The monoisotopic (exact) mass is 371 g/mol. The SMILES string of the molecule is O=C(N[C@@H](CCCCF)C(=O)O)OCC1c2ccccc2-c2ccccc21. The number of hydrogen-bond donors (Lipinski definition) is 2. The Balaban J connectivity index is 1.64. The molecule has 0 radical (unpaired) electrons. The summed E-state index contributed by atoms with van der Waals surface area (Å²) in [6, 6.07) is 14.9. The van der Waals surface area contributed by atoms with Gasteiger partial charge in [-0.3, -0.25) is 4.39 Å². The van der Waals surface area contributed by atoms with Crippen molar-refractivity contribution in [3.8, 4) is 11.1 Å². The van der Waals surface area contributed by atoms with Gasteiger partial charge in [-0.05, 0) is 41.5 Å². The van der Waals surface area contributed by atoms with Gasteiger partial charge in [-0.2, -0.15) is 0 Å². The molecule has 0 spiro atoms. The third kappa shape index (κ3) is 4.27. The minimum atomic E-state index is -1.15. The van der Waals surface area contributed by atoms with E-state index in [0.717, 1.165) is 22.3 Å². The van der Waals surface area contributed by atoms with Crippen LogP contribution in [0.4, 0.5) is 9.18 Å². The summed E-state index contributed by atoms with van der Waals surface area (Å²) in [5.74, 6) is -1.24. The second-order valence-electron chi connectivity index (χ2n) is 6.55. The summed E-state index contributed by atoms with van der Waals surface area (Å²) in [6.07, 6.45) is 0.0565. The highest BCUT2D eigenvalue weighted by Crippen LogP contribution is 2.44. The first-order chi connectivity index (χ1) is 13.1. The highest BCUT2D eigenvalue weighted by Gasteiger charge is 2.29. The van der Waals surface area contributed by atoms with Crippen LogP contribution in [0, 0.1) is 0 Å². The average molecular weight is 371 g/mol. The first kappa shape index (κ1) is 18.9. The fourth-order valence-corrected chi connectivity index (χ4v) is 3.48. The van der Waals surface area contributed by atoms with Crippen molar-refractivity contribution in [2.24, 2.45) is 0 Å². The van der Waals surface area contributed by atoms with Crippen LogP contribution in [0.5, 0.6) is 0 Å². The van der Waals surface area contributed by atoms with Crippen molar-refractivity contribution in [1.82, 2.24) is 5.32 Å². The standard InChI is InChI=1S/C21H22FNO4/c22-12-6-5-11-19(20(24)25)23-21(26)27-13-18-16-9-3-1-7-14(16)15-8-2-4-10-17(15)18/h1-4,7-10,18-19H,5-6,11-13H2,(H,23,26)(H,24,25)/t19-/m0/s1. The smallest absolute Gasteiger partial charge is 0.407 e.